The van der Waals surface area contributed by atoms with Gasteiger partial charge in [0.1, 0.15) is 7.80 Å². The molecule has 0 amide bonds. The zero-order valence-corrected chi connectivity index (χ0v) is 8.52. The molecule has 0 saturated heterocycles. The fourth-order valence-corrected chi connectivity index (χ4v) is 2.46. The summed E-state index contributed by atoms with van der Waals surface area (Å²) in [6, 6.07) is 19.1. The minimum absolute atomic E-state index is 0.883. The molecule has 2 rings (SSSR count). The molecule has 1 nitrogen and oxygen atoms in total. The highest BCUT2D eigenvalue weighted by Gasteiger charge is 2.05. The first-order valence-corrected chi connectivity index (χ1v) is 5.71. The molecule has 0 unspecified atom stereocenters. The lowest BCUT2D eigenvalue weighted by Crippen LogP contribution is -2.04. The molecule has 0 spiro atoms. The molecular weight excluding hydrogens is 191 g/mol. The van der Waals surface area contributed by atoms with Crippen LogP contribution in [-0.2, 0) is 4.57 Å². The third-order valence-corrected chi connectivity index (χ3v) is 3.52. The van der Waals surface area contributed by atoms with Crippen molar-refractivity contribution in [2.45, 2.75) is 0 Å². The Bertz CT molecular complexity index is 381. The topological polar surface area (TPSA) is 17.1 Å². The van der Waals surface area contributed by atoms with Crippen molar-refractivity contribution in [3.05, 3.63) is 60.7 Å². The van der Waals surface area contributed by atoms with E-state index in [1.807, 2.05) is 60.7 Å². The van der Waals surface area contributed by atoms with Gasteiger partial charge in [-0.3, -0.25) is 4.57 Å². The van der Waals surface area contributed by atoms with Gasteiger partial charge in [-0.05, 0) is 24.3 Å². The highest BCUT2D eigenvalue weighted by atomic mass is 31.1. The second-order valence-corrected chi connectivity index (χ2v) is 4.59. The van der Waals surface area contributed by atoms with E-state index in [9.17, 15) is 4.57 Å². The van der Waals surface area contributed by atoms with Crippen molar-refractivity contribution in [2.75, 3.05) is 0 Å². The van der Waals surface area contributed by atoms with Gasteiger partial charge in [-0.1, -0.05) is 36.4 Å². The maximum atomic E-state index is 12.0. The van der Waals surface area contributed by atoms with Crippen LogP contribution in [0.1, 0.15) is 0 Å². The molecule has 0 N–H and O–H groups in total. The van der Waals surface area contributed by atoms with E-state index in [4.69, 9.17) is 0 Å². The van der Waals surface area contributed by atoms with Crippen LogP contribution in [0.15, 0.2) is 60.7 Å². The zero-order chi connectivity index (χ0) is 9.80. The van der Waals surface area contributed by atoms with E-state index in [-0.39, 0.29) is 0 Å². The lowest BCUT2D eigenvalue weighted by molar-refractivity contribution is 0.598. The maximum Gasteiger partial charge on any atom is 0.136 e. The summed E-state index contributed by atoms with van der Waals surface area (Å²) in [6.45, 7) is 0. The van der Waals surface area contributed by atoms with Crippen molar-refractivity contribution in [2.24, 2.45) is 0 Å². The summed E-state index contributed by atoms with van der Waals surface area (Å²) in [5.41, 5.74) is 0. The fraction of sp³-hybridized carbons (Fsp3) is 0. The summed E-state index contributed by atoms with van der Waals surface area (Å²) in [7, 11) is -1.42. The van der Waals surface area contributed by atoms with Crippen molar-refractivity contribution < 1.29 is 4.57 Å². The SMILES string of the molecule is O=[P](c1ccccc1)c1ccccc1. The first-order valence-electron chi connectivity index (χ1n) is 4.45. The number of rotatable bonds is 2. The highest BCUT2D eigenvalue weighted by Crippen LogP contribution is 2.18. The van der Waals surface area contributed by atoms with Crippen LogP contribution in [0.4, 0.5) is 0 Å². The van der Waals surface area contributed by atoms with Gasteiger partial charge >= 0.3 is 0 Å². The molecule has 0 saturated carbocycles. The minimum atomic E-state index is -1.42. The molecule has 0 bridgehead atoms. The van der Waals surface area contributed by atoms with Gasteiger partial charge in [-0.25, -0.2) is 0 Å². The summed E-state index contributed by atoms with van der Waals surface area (Å²) in [4.78, 5) is 0. The van der Waals surface area contributed by atoms with E-state index in [2.05, 4.69) is 0 Å². The van der Waals surface area contributed by atoms with Crippen LogP contribution in [0.5, 0.6) is 0 Å². The van der Waals surface area contributed by atoms with Gasteiger partial charge in [-0.15, -0.1) is 0 Å². The van der Waals surface area contributed by atoms with Crippen LogP contribution in [0.25, 0.3) is 0 Å². The standard InChI is InChI=1S/C12H10OP/c13-14(11-7-3-1-4-8-11)12-9-5-2-6-10-12/h1-10H. The van der Waals surface area contributed by atoms with E-state index < -0.39 is 7.80 Å². The Morgan fingerprint density at radius 3 is 1.36 bits per heavy atom. The monoisotopic (exact) mass is 201 g/mol. The van der Waals surface area contributed by atoms with Gasteiger partial charge in [0, 0.05) is 10.6 Å². The first kappa shape index (κ1) is 9.11. The molecule has 14 heavy (non-hydrogen) atoms. The van der Waals surface area contributed by atoms with Gasteiger partial charge in [-0.2, -0.15) is 0 Å². The average molecular weight is 201 g/mol. The summed E-state index contributed by atoms with van der Waals surface area (Å²) >= 11 is 0. The smallest absolute Gasteiger partial charge is 0.136 e. The predicted molar refractivity (Wildman–Crippen MR) is 59.8 cm³/mol. The lowest BCUT2D eigenvalue weighted by atomic mass is 10.4. The maximum absolute atomic E-state index is 12.0. The van der Waals surface area contributed by atoms with Gasteiger partial charge in [0.2, 0.25) is 0 Å². The number of hydrogen-bond acceptors (Lipinski definition) is 1. The lowest BCUT2D eigenvalue weighted by Gasteiger charge is -1.99. The minimum Gasteiger partial charge on any atom is -0.277 e. The van der Waals surface area contributed by atoms with Crippen LogP contribution >= 0.6 is 7.80 Å². The first-order chi connectivity index (χ1) is 6.88. The molecule has 0 aliphatic carbocycles. The molecule has 2 aromatic rings. The Morgan fingerprint density at radius 1 is 0.643 bits per heavy atom. The molecule has 0 atom stereocenters. The third kappa shape index (κ3) is 1.89. The van der Waals surface area contributed by atoms with Gasteiger partial charge < -0.3 is 0 Å². The van der Waals surface area contributed by atoms with Crippen LogP contribution in [-0.4, -0.2) is 0 Å². The van der Waals surface area contributed by atoms with Crippen LogP contribution in [0.2, 0.25) is 0 Å². The van der Waals surface area contributed by atoms with E-state index in [1.54, 1.807) is 0 Å². The molecule has 69 valence electrons. The van der Waals surface area contributed by atoms with Gasteiger partial charge in [0.05, 0.1) is 0 Å². The van der Waals surface area contributed by atoms with Crippen molar-refractivity contribution in [1.82, 2.24) is 0 Å². The second kappa shape index (κ2) is 4.17. The molecule has 0 aliphatic rings. The van der Waals surface area contributed by atoms with Crippen molar-refractivity contribution in [3.8, 4) is 0 Å². The molecule has 0 heterocycles. The zero-order valence-electron chi connectivity index (χ0n) is 7.63. The number of benzene rings is 2. The van der Waals surface area contributed by atoms with E-state index >= 15 is 0 Å². The third-order valence-electron chi connectivity index (χ3n) is 1.98. The van der Waals surface area contributed by atoms with E-state index in [1.165, 1.54) is 0 Å². The Labute approximate surface area is 84.2 Å². The molecule has 0 aromatic heterocycles. The molecular formula is C12H10OP. The Kier molecular flexibility index (Phi) is 2.71. The van der Waals surface area contributed by atoms with Crippen LogP contribution in [0.3, 0.4) is 0 Å². The normalized spacial score (nSPS) is 9.71. The summed E-state index contributed by atoms with van der Waals surface area (Å²) < 4.78 is 12.0. The molecule has 1 radical (unpaired) electrons. The van der Waals surface area contributed by atoms with Crippen LogP contribution < -0.4 is 10.6 Å². The Hall–Kier alpha value is -1.46. The molecule has 0 aliphatic heterocycles. The number of hydrogen-bond donors (Lipinski definition) is 0. The van der Waals surface area contributed by atoms with Crippen molar-refractivity contribution >= 4 is 18.4 Å². The highest BCUT2D eigenvalue weighted by molar-refractivity contribution is 7.61. The van der Waals surface area contributed by atoms with Gasteiger partial charge in [0.25, 0.3) is 0 Å². The predicted octanol–water partition coefficient (Wildman–Crippen LogP) is 2.46. The quantitative estimate of drug-likeness (QED) is 0.682. The molecule has 2 aromatic carbocycles. The van der Waals surface area contributed by atoms with Gasteiger partial charge in [0.15, 0.2) is 0 Å². The summed E-state index contributed by atoms with van der Waals surface area (Å²) in [5, 5.41) is 1.77. The summed E-state index contributed by atoms with van der Waals surface area (Å²) in [5.74, 6) is 0. The Balaban J connectivity index is 2.35. The van der Waals surface area contributed by atoms with E-state index in [0.29, 0.717) is 0 Å². The second-order valence-electron chi connectivity index (χ2n) is 2.97. The van der Waals surface area contributed by atoms with E-state index in [0.717, 1.165) is 10.6 Å². The van der Waals surface area contributed by atoms with Crippen molar-refractivity contribution in [1.29, 1.82) is 0 Å². The van der Waals surface area contributed by atoms with Crippen molar-refractivity contribution in [3.63, 3.8) is 0 Å². The Morgan fingerprint density at radius 2 is 1.00 bits per heavy atom. The van der Waals surface area contributed by atoms with Crippen LogP contribution in [0, 0.1) is 0 Å². The fourth-order valence-electron chi connectivity index (χ4n) is 1.28. The largest absolute Gasteiger partial charge is 0.277 e. The average Bonchev–Trinajstić information content (AvgIpc) is 2.30. The summed E-state index contributed by atoms with van der Waals surface area (Å²) in [6.07, 6.45) is 0. The molecule has 2 heteroatoms. The molecule has 0 fully saturated rings.